The summed E-state index contributed by atoms with van der Waals surface area (Å²) in [7, 11) is -3.31. The van der Waals surface area contributed by atoms with Crippen LogP contribution in [-0.2, 0) is 23.0 Å². The second-order valence-corrected chi connectivity index (χ2v) is 9.25. The SMILES string of the molecule is Cc1ccc2c(c1)C(C(=O)n1nc3c(c1N)CCN(S(C)(=O)=O)C3)CCN2. The molecule has 0 spiro atoms. The first-order valence-electron chi connectivity index (χ1n) is 8.95. The Morgan fingerprint density at radius 1 is 1.37 bits per heavy atom. The van der Waals surface area contributed by atoms with E-state index in [1.807, 2.05) is 25.1 Å². The lowest BCUT2D eigenvalue weighted by atomic mass is 9.89. The number of nitrogens with zero attached hydrogens (tertiary/aromatic N) is 3. The highest BCUT2D eigenvalue weighted by molar-refractivity contribution is 7.88. The number of anilines is 2. The normalized spacial score (nSPS) is 19.9. The number of hydrogen-bond donors (Lipinski definition) is 2. The molecule has 8 nitrogen and oxygen atoms in total. The standard InChI is InChI=1S/C18H23N5O3S/c1-11-3-4-15-14(9-11)12(5-7-20-15)18(24)23-17(19)13-6-8-22(27(2,25)26)10-16(13)21-23/h3-4,9,12,20H,5-8,10,19H2,1-2H3. The number of aromatic nitrogens is 2. The minimum atomic E-state index is -3.31. The van der Waals surface area contributed by atoms with E-state index in [0.29, 0.717) is 37.4 Å². The van der Waals surface area contributed by atoms with Crippen LogP contribution in [0.2, 0.25) is 0 Å². The van der Waals surface area contributed by atoms with Crippen LogP contribution in [0.4, 0.5) is 11.5 Å². The average molecular weight is 389 g/mol. The molecule has 0 fully saturated rings. The van der Waals surface area contributed by atoms with Crippen molar-refractivity contribution < 1.29 is 13.2 Å². The minimum Gasteiger partial charge on any atom is -0.385 e. The first kappa shape index (κ1) is 18.0. The monoisotopic (exact) mass is 389 g/mol. The summed E-state index contributed by atoms with van der Waals surface area (Å²) in [6, 6.07) is 6.03. The Morgan fingerprint density at radius 3 is 2.89 bits per heavy atom. The molecule has 27 heavy (non-hydrogen) atoms. The number of aryl methyl sites for hydroxylation is 1. The van der Waals surface area contributed by atoms with Crippen molar-refractivity contribution in [2.24, 2.45) is 0 Å². The second-order valence-electron chi connectivity index (χ2n) is 7.27. The Kier molecular flexibility index (Phi) is 4.23. The van der Waals surface area contributed by atoms with Crippen LogP contribution in [0, 0.1) is 6.92 Å². The van der Waals surface area contributed by atoms with E-state index in [0.717, 1.165) is 22.4 Å². The lowest BCUT2D eigenvalue weighted by Gasteiger charge is -2.26. The van der Waals surface area contributed by atoms with E-state index < -0.39 is 10.0 Å². The molecule has 144 valence electrons. The third-order valence-electron chi connectivity index (χ3n) is 5.35. The zero-order chi connectivity index (χ0) is 19.3. The molecule has 1 atom stereocenters. The van der Waals surface area contributed by atoms with E-state index >= 15 is 0 Å². The summed E-state index contributed by atoms with van der Waals surface area (Å²) >= 11 is 0. The van der Waals surface area contributed by atoms with Gasteiger partial charge in [0.25, 0.3) is 5.91 Å². The van der Waals surface area contributed by atoms with Gasteiger partial charge in [0.1, 0.15) is 5.82 Å². The van der Waals surface area contributed by atoms with Crippen LogP contribution in [0.5, 0.6) is 0 Å². The van der Waals surface area contributed by atoms with E-state index in [-0.39, 0.29) is 18.4 Å². The maximum Gasteiger partial charge on any atom is 0.256 e. The number of hydrogen-bond acceptors (Lipinski definition) is 6. The fourth-order valence-electron chi connectivity index (χ4n) is 3.89. The lowest BCUT2D eigenvalue weighted by Crippen LogP contribution is -2.35. The molecule has 2 aliphatic heterocycles. The summed E-state index contributed by atoms with van der Waals surface area (Å²) in [6.07, 6.45) is 2.30. The molecule has 1 aromatic carbocycles. The quantitative estimate of drug-likeness (QED) is 0.802. The van der Waals surface area contributed by atoms with Crippen LogP contribution < -0.4 is 11.1 Å². The average Bonchev–Trinajstić information content (AvgIpc) is 2.96. The third kappa shape index (κ3) is 3.10. The van der Waals surface area contributed by atoms with Crippen LogP contribution in [0.15, 0.2) is 18.2 Å². The third-order valence-corrected chi connectivity index (χ3v) is 6.60. The number of carbonyl (C=O) groups is 1. The summed E-state index contributed by atoms with van der Waals surface area (Å²) in [5, 5.41) is 7.73. The number of rotatable bonds is 2. The topological polar surface area (TPSA) is 110 Å². The molecule has 1 unspecified atom stereocenters. The molecule has 4 rings (SSSR count). The van der Waals surface area contributed by atoms with Crippen molar-refractivity contribution in [3.63, 3.8) is 0 Å². The fourth-order valence-corrected chi connectivity index (χ4v) is 4.67. The number of nitrogen functional groups attached to an aromatic ring is 1. The summed E-state index contributed by atoms with van der Waals surface area (Å²) in [4.78, 5) is 13.3. The van der Waals surface area contributed by atoms with Crippen molar-refractivity contribution in [3.8, 4) is 0 Å². The molecule has 0 saturated carbocycles. The maximum atomic E-state index is 13.3. The molecule has 9 heteroatoms. The van der Waals surface area contributed by atoms with Gasteiger partial charge in [0.15, 0.2) is 0 Å². The van der Waals surface area contributed by atoms with E-state index in [1.54, 1.807) is 0 Å². The first-order valence-corrected chi connectivity index (χ1v) is 10.8. The Hall–Kier alpha value is -2.39. The Labute approximate surface area is 158 Å². The second kappa shape index (κ2) is 6.35. The molecule has 3 heterocycles. The van der Waals surface area contributed by atoms with Gasteiger partial charge < -0.3 is 11.1 Å². The van der Waals surface area contributed by atoms with Crippen LogP contribution >= 0.6 is 0 Å². The molecule has 0 bridgehead atoms. The van der Waals surface area contributed by atoms with Crippen molar-refractivity contribution in [2.75, 3.05) is 30.4 Å². The van der Waals surface area contributed by atoms with E-state index in [2.05, 4.69) is 10.4 Å². The maximum absolute atomic E-state index is 13.3. The molecule has 1 aromatic heterocycles. The minimum absolute atomic E-state index is 0.153. The zero-order valence-electron chi connectivity index (χ0n) is 15.4. The lowest BCUT2D eigenvalue weighted by molar-refractivity contribution is 0.0859. The van der Waals surface area contributed by atoms with Gasteiger partial charge in [-0.25, -0.2) is 8.42 Å². The predicted molar refractivity (Wildman–Crippen MR) is 103 cm³/mol. The van der Waals surface area contributed by atoms with Crippen LogP contribution in [0.1, 0.15) is 39.5 Å². The van der Waals surface area contributed by atoms with E-state index in [4.69, 9.17) is 5.73 Å². The summed E-state index contributed by atoms with van der Waals surface area (Å²) in [5.74, 6) is -0.159. The summed E-state index contributed by atoms with van der Waals surface area (Å²) < 4.78 is 26.3. The molecule has 0 amide bonds. The highest BCUT2D eigenvalue weighted by atomic mass is 32.2. The van der Waals surface area contributed by atoms with Crippen molar-refractivity contribution in [1.82, 2.24) is 14.1 Å². The van der Waals surface area contributed by atoms with Gasteiger partial charge in [-0.2, -0.15) is 14.1 Å². The highest BCUT2D eigenvalue weighted by Gasteiger charge is 2.33. The van der Waals surface area contributed by atoms with Crippen molar-refractivity contribution in [2.45, 2.75) is 32.2 Å². The Morgan fingerprint density at radius 2 is 2.15 bits per heavy atom. The smallest absolute Gasteiger partial charge is 0.256 e. The first-order chi connectivity index (χ1) is 12.8. The van der Waals surface area contributed by atoms with Gasteiger partial charge >= 0.3 is 0 Å². The number of carbonyl (C=O) groups excluding carboxylic acids is 1. The molecule has 2 aromatic rings. The fraction of sp³-hybridized carbons (Fsp3) is 0.444. The number of nitrogens with two attached hydrogens (primary N) is 1. The van der Waals surface area contributed by atoms with Crippen LogP contribution in [0.25, 0.3) is 0 Å². The van der Waals surface area contributed by atoms with Crippen molar-refractivity contribution >= 4 is 27.4 Å². The molecule has 0 aliphatic carbocycles. The van der Waals surface area contributed by atoms with E-state index in [9.17, 15) is 13.2 Å². The molecule has 0 saturated heterocycles. The largest absolute Gasteiger partial charge is 0.385 e. The number of nitrogens with one attached hydrogen (secondary N) is 1. The van der Waals surface area contributed by atoms with Crippen molar-refractivity contribution in [3.05, 3.63) is 40.6 Å². The molecular formula is C18H23N5O3S. The van der Waals surface area contributed by atoms with Gasteiger partial charge in [0.05, 0.1) is 24.4 Å². The van der Waals surface area contributed by atoms with Crippen molar-refractivity contribution in [1.29, 1.82) is 0 Å². The highest BCUT2D eigenvalue weighted by Crippen LogP contribution is 2.35. The van der Waals surface area contributed by atoms with Crippen LogP contribution in [0.3, 0.4) is 0 Å². The molecular weight excluding hydrogens is 366 g/mol. The van der Waals surface area contributed by atoms with Gasteiger partial charge in [0, 0.05) is 24.3 Å². The molecule has 2 aliphatic rings. The van der Waals surface area contributed by atoms with Gasteiger partial charge in [-0.1, -0.05) is 17.7 Å². The van der Waals surface area contributed by atoms with Gasteiger partial charge in [-0.3, -0.25) is 4.79 Å². The molecule has 0 radical (unpaired) electrons. The Bertz CT molecular complexity index is 1030. The predicted octanol–water partition coefficient (Wildman–Crippen LogP) is 1.33. The number of sulfonamides is 1. The summed E-state index contributed by atoms with van der Waals surface area (Å²) in [6.45, 7) is 3.21. The van der Waals surface area contributed by atoms with Gasteiger partial charge in [0.2, 0.25) is 10.0 Å². The van der Waals surface area contributed by atoms with Gasteiger partial charge in [-0.05, 0) is 31.4 Å². The van der Waals surface area contributed by atoms with E-state index in [1.165, 1.54) is 15.2 Å². The van der Waals surface area contributed by atoms with Gasteiger partial charge in [-0.15, -0.1) is 0 Å². The number of benzene rings is 1. The Balaban J connectivity index is 1.69. The zero-order valence-corrected chi connectivity index (χ0v) is 16.2. The summed E-state index contributed by atoms with van der Waals surface area (Å²) in [5.41, 5.74) is 10.6. The van der Waals surface area contributed by atoms with Crippen LogP contribution in [-0.4, -0.2) is 47.8 Å². The molecule has 3 N–H and O–H groups in total. The number of fused-ring (bicyclic) bond motifs is 2.